The lowest BCUT2D eigenvalue weighted by molar-refractivity contribution is -0.130. The molecule has 0 saturated carbocycles. The molecule has 104 valence electrons. The molecule has 4 nitrogen and oxygen atoms in total. The highest BCUT2D eigenvalue weighted by Gasteiger charge is 2.45. The van der Waals surface area contributed by atoms with Crippen molar-refractivity contribution in [3.05, 3.63) is 36.5 Å². The van der Waals surface area contributed by atoms with Gasteiger partial charge in [-0.25, -0.2) is 0 Å². The number of nitrogens with one attached hydrogen (secondary N) is 2. The van der Waals surface area contributed by atoms with Gasteiger partial charge in [-0.05, 0) is 38.4 Å². The summed E-state index contributed by atoms with van der Waals surface area (Å²) >= 11 is 0. The molecule has 1 amide bonds. The Labute approximate surface area is 115 Å². The Morgan fingerprint density at radius 1 is 1.47 bits per heavy atom. The van der Waals surface area contributed by atoms with Crippen molar-refractivity contribution in [1.29, 1.82) is 0 Å². The lowest BCUT2D eigenvalue weighted by Crippen LogP contribution is -2.58. The molecule has 2 aliphatic heterocycles. The molecular formula is C15H23N3O. The summed E-state index contributed by atoms with van der Waals surface area (Å²) in [6.45, 7) is 8.75. The summed E-state index contributed by atoms with van der Waals surface area (Å²) in [5.41, 5.74) is 1.01. The van der Waals surface area contributed by atoms with Crippen LogP contribution in [0.4, 0.5) is 0 Å². The molecule has 2 rings (SSSR count). The molecule has 0 atom stereocenters. The maximum atomic E-state index is 12.1. The zero-order valence-electron chi connectivity index (χ0n) is 11.6. The minimum absolute atomic E-state index is 0.140. The molecule has 2 aliphatic rings. The van der Waals surface area contributed by atoms with Gasteiger partial charge in [-0.1, -0.05) is 30.9 Å². The number of carbonyl (C=O) groups is 1. The van der Waals surface area contributed by atoms with Crippen LogP contribution >= 0.6 is 0 Å². The predicted octanol–water partition coefficient (Wildman–Crippen LogP) is 1.19. The van der Waals surface area contributed by atoms with Crippen LogP contribution in [0.15, 0.2) is 36.5 Å². The Balaban J connectivity index is 2.13. The minimum Gasteiger partial charge on any atom is -0.319 e. The topological polar surface area (TPSA) is 44.4 Å². The van der Waals surface area contributed by atoms with Gasteiger partial charge in [-0.15, -0.1) is 0 Å². The third-order valence-corrected chi connectivity index (χ3v) is 3.97. The average Bonchev–Trinajstić information content (AvgIpc) is 2.73. The third-order valence-electron chi connectivity index (χ3n) is 3.97. The Kier molecular flexibility index (Phi) is 4.56. The molecule has 2 N–H and O–H groups in total. The van der Waals surface area contributed by atoms with E-state index in [9.17, 15) is 4.79 Å². The quantitative estimate of drug-likeness (QED) is 0.747. The van der Waals surface area contributed by atoms with Gasteiger partial charge in [0.1, 0.15) is 0 Å². The van der Waals surface area contributed by atoms with Crippen LogP contribution in [0, 0.1) is 0 Å². The second-order valence-electron chi connectivity index (χ2n) is 5.07. The number of hydrogen-bond donors (Lipinski definition) is 2. The summed E-state index contributed by atoms with van der Waals surface area (Å²) in [4.78, 5) is 14.2. The molecule has 19 heavy (non-hydrogen) atoms. The van der Waals surface area contributed by atoms with Crippen LogP contribution < -0.4 is 10.6 Å². The Morgan fingerprint density at radius 3 is 2.84 bits per heavy atom. The summed E-state index contributed by atoms with van der Waals surface area (Å²) in [5, 5.41) is 6.78. The second-order valence-corrected chi connectivity index (χ2v) is 5.07. The van der Waals surface area contributed by atoms with E-state index in [1.807, 2.05) is 24.0 Å². The standard InChI is InChI=1S/C15H23N3O/c1-3-5-6-13(4-2)12-18-14(19)11-17-15(18)7-9-16-10-8-15/h3-6,16-17H,1,7-12H2,2H3/b6-5-,13-4+. The molecule has 0 aromatic heterocycles. The zero-order valence-corrected chi connectivity index (χ0v) is 11.6. The highest BCUT2D eigenvalue weighted by atomic mass is 16.2. The van der Waals surface area contributed by atoms with Crippen LogP contribution in [0.1, 0.15) is 19.8 Å². The van der Waals surface area contributed by atoms with E-state index in [-0.39, 0.29) is 11.6 Å². The van der Waals surface area contributed by atoms with E-state index in [0.29, 0.717) is 13.1 Å². The Hall–Kier alpha value is -1.39. The molecule has 0 aliphatic carbocycles. The molecule has 0 unspecified atom stereocenters. The number of piperidine rings is 1. The number of carbonyl (C=O) groups excluding carboxylic acids is 1. The fourth-order valence-corrected chi connectivity index (χ4v) is 2.81. The van der Waals surface area contributed by atoms with Crippen molar-refractivity contribution in [1.82, 2.24) is 15.5 Å². The first-order valence-corrected chi connectivity index (χ1v) is 6.92. The van der Waals surface area contributed by atoms with Gasteiger partial charge in [0.2, 0.25) is 5.91 Å². The van der Waals surface area contributed by atoms with Crippen LogP contribution in [0.5, 0.6) is 0 Å². The van der Waals surface area contributed by atoms with Gasteiger partial charge in [0.15, 0.2) is 0 Å². The minimum atomic E-state index is -0.140. The summed E-state index contributed by atoms with van der Waals surface area (Å²) in [5.74, 6) is 0.202. The normalized spacial score (nSPS) is 23.5. The van der Waals surface area contributed by atoms with Crippen LogP contribution in [-0.4, -0.2) is 42.6 Å². The number of rotatable bonds is 4. The fraction of sp³-hybridized carbons (Fsp3) is 0.533. The average molecular weight is 261 g/mol. The van der Waals surface area contributed by atoms with E-state index in [2.05, 4.69) is 23.3 Å². The monoisotopic (exact) mass is 261 g/mol. The van der Waals surface area contributed by atoms with Crippen molar-refractivity contribution in [3.63, 3.8) is 0 Å². The highest BCUT2D eigenvalue weighted by molar-refractivity contribution is 5.82. The van der Waals surface area contributed by atoms with Crippen LogP contribution in [0.3, 0.4) is 0 Å². The van der Waals surface area contributed by atoms with E-state index in [1.165, 1.54) is 0 Å². The third kappa shape index (κ3) is 2.96. The van der Waals surface area contributed by atoms with Gasteiger partial charge in [-0.2, -0.15) is 0 Å². The van der Waals surface area contributed by atoms with Gasteiger partial charge >= 0.3 is 0 Å². The molecule has 2 heterocycles. The molecule has 0 aromatic rings. The SMILES string of the molecule is C=C/C=C\C(=C/C)CN1C(=O)CNC12CCNCC2. The zero-order chi connectivity index (χ0) is 13.7. The molecular weight excluding hydrogens is 238 g/mol. The van der Waals surface area contributed by atoms with Crippen molar-refractivity contribution in [2.45, 2.75) is 25.4 Å². The van der Waals surface area contributed by atoms with Gasteiger partial charge in [0.25, 0.3) is 0 Å². The lowest BCUT2D eigenvalue weighted by atomic mass is 9.96. The molecule has 0 bridgehead atoms. The van der Waals surface area contributed by atoms with E-state index in [4.69, 9.17) is 0 Å². The van der Waals surface area contributed by atoms with E-state index in [0.717, 1.165) is 31.5 Å². The van der Waals surface area contributed by atoms with Crippen LogP contribution in [-0.2, 0) is 4.79 Å². The summed E-state index contributed by atoms with van der Waals surface area (Å²) in [6.07, 6.45) is 9.70. The Bertz CT molecular complexity index is 406. The van der Waals surface area contributed by atoms with Gasteiger partial charge in [0.05, 0.1) is 12.2 Å². The number of nitrogens with zero attached hydrogens (tertiary/aromatic N) is 1. The molecule has 2 fully saturated rings. The van der Waals surface area contributed by atoms with E-state index >= 15 is 0 Å². The molecule has 0 radical (unpaired) electrons. The van der Waals surface area contributed by atoms with E-state index < -0.39 is 0 Å². The van der Waals surface area contributed by atoms with Crippen LogP contribution in [0.2, 0.25) is 0 Å². The van der Waals surface area contributed by atoms with Crippen molar-refractivity contribution >= 4 is 5.91 Å². The van der Waals surface area contributed by atoms with Crippen molar-refractivity contribution in [3.8, 4) is 0 Å². The van der Waals surface area contributed by atoms with Gasteiger partial charge in [-0.3, -0.25) is 10.1 Å². The number of amides is 1. The predicted molar refractivity (Wildman–Crippen MR) is 77.6 cm³/mol. The highest BCUT2D eigenvalue weighted by Crippen LogP contribution is 2.28. The molecule has 0 aromatic carbocycles. The maximum absolute atomic E-state index is 12.1. The van der Waals surface area contributed by atoms with Crippen molar-refractivity contribution in [2.75, 3.05) is 26.2 Å². The van der Waals surface area contributed by atoms with Crippen molar-refractivity contribution < 1.29 is 4.79 Å². The molecule has 4 heteroatoms. The number of hydrogen-bond acceptors (Lipinski definition) is 3. The van der Waals surface area contributed by atoms with Crippen molar-refractivity contribution in [2.24, 2.45) is 0 Å². The first kappa shape index (κ1) is 14.0. The molecule has 1 spiro atoms. The van der Waals surface area contributed by atoms with Gasteiger partial charge in [0, 0.05) is 6.54 Å². The Morgan fingerprint density at radius 2 is 2.21 bits per heavy atom. The maximum Gasteiger partial charge on any atom is 0.238 e. The van der Waals surface area contributed by atoms with Crippen LogP contribution in [0.25, 0.3) is 0 Å². The summed E-state index contributed by atoms with van der Waals surface area (Å²) < 4.78 is 0. The smallest absolute Gasteiger partial charge is 0.238 e. The first-order valence-electron chi connectivity index (χ1n) is 6.92. The summed E-state index contributed by atoms with van der Waals surface area (Å²) in [7, 11) is 0. The fourth-order valence-electron chi connectivity index (χ4n) is 2.81. The second kappa shape index (κ2) is 6.17. The largest absolute Gasteiger partial charge is 0.319 e. The first-order chi connectivity index (χ1) is 9.22. The lowest BCUT2D eigenvalue weighted by Gasteiger charge is -2.41. The summed E-state index contributed by atoms with van der Waals surface area (Å²) in [6, 6.07) is 0. The number of allylic oxidation sites excluding steroid dienone is 3. The van der Waals surface area contributed by atoms with E-state index in [1.54, 1.807) is 6.08 Å². The molecule has 2 saturated heterocycles. The van der Waals surface area contributed by atoms with Gasteiger partial charge < -0.3 is 10.2 Å².